The first-order chi connectivity index (χ1) is 10.6. The van der Waals surface area contributed by atoms with Crippen molar-refractivity contribution in [1.82, 2.24) is 4.90 Å². The number of amides is 1. The van der Waals surface area contributed by atoms with E-state index in [0.29, 0.717) is 24.5 Å². The normalized spacial score (nSPS) is 32.5. The zero-order chi connectivity index (χ0) is 17.4. The van der Waals surface area contributed by atoms with Crippen LogP contribution in [0.3, 0.4) is 0 Å². The lowest BCUT2D eigenvalue weighted by molar-refractivity contribution is -0.136. The van der Waals surface area contributed by atoms with Crippen molar-refractivity contribution in [3.63, 3.8) is 0 Å². The number of likely N-dealkylation sites (tertiary alicyclic amines) is 1. The lowest BCUT2D eigenvalue weighted by atomic mass is 9.66. The van der Waals surface area contributed by atoms with Crippen molar-refractivity contribution in [3.8, 4) is 0 Å². The molecule has 4 nitrogen and oxygen atoms in total. The van der Waals surface area contributed by atoms with Crippen LogP contribution in [0.5, 0.6) is 0 Å². The van der Waals surface area contributed by atoms with E-state index in [0.717, 1.165) is 19.3 Å². The van der Waals surface area contributed by atoms with Crippen LogP contribution in [0.25, 0.3) is 0 Å². The Hall–Kier alpha value is -1.06. The summed E-state index contributed by atoms with van der Waals surface area (Å²) < 4.78 is 5.74. The number of carbonyl (C=O) groups excluding carboxylic acids is 2. The zero-order valence-corrected chi connectivity index (χ0v) is 15.6. The molecule has 0 radical (unpaired) electrons. The van der Waals surface area contributed by atoms with E-state index >= 15 is 0 Å². The molecule has 4 heteroatoms. The van der Waals surface area contributed by atoms with E-state index in [-0.39, 0.29) is 23.6 Å². The molecule has 0 unspecified atom stereocenters. The minimum Gasteiger partial charge on any atom is -0.444 e. The Kier molecular flexibility index (Phi) is 5.12. The molecule has 0 bridgehead atoms. The van der Waals surface area contributed by atoms with Gasteiger partial charge >= 0.3 is 6.09 Å². The summed E-state index contributed by atoms with van der Waals surface area (Å²) in [5.74, 6) is 0.893. The third-order valence-corrected chi connectivity index (χ3v) is 5.53. The fourth-order valence-electron chi connectivity index (χ4n) is 4.33. The summed E-state index contributed by atoms with van der Waals surface area (Å²) in [6.45, 7) is 12.1. The first-order valence-electron chi connectivity index (χ1n) is 9.11. The first-order valence-corrected chi connectivity index (χ1v) is 9.11. The molecule has 1 aliphatic heterocycles. The molecular formula is C19H33NO3. The molecule has 23 heavy (non-hydrogen) atoms. The van der Waals surface area contributed by atoms with Gasteiger partial charge in [-0.15, -0.1) is 0 Å². The molecule has 1 spiro atoms. The number of carbonyl (C=O) groups is 2. The average Bonchev–Trinajstić information content (AvgIpc) is 2.39. The van der Waals surface area contributed by atoms with Crippen molar-refractivity contribution >= 4 is 11.9 Å². The summed E-state index contributed by atoms with van der Waals surface area (Å²) in [5, 5.41) is 0. The van der Waals surface area contributed by atoms with E-state index in [4.69, 9.17) is 4.74 Å². The van der Waals surface area contributed by atoms with Crippen molar-refractivity contribution in [2.75, 3.05) is 0 Å². The van der Waals surface area contributed by atoms with Crippen LogP contribution in [0.2, 0.25) is 0 Å². The second-order valence-corrected chi connectivity index (χ2v) is 8.83. The minimum absolute atomic E-state index is 0.0494. The topological polar surface area (TPSA) is 46.6 Å². The maximum Gasteiger partial charge on any atom is 0.411 e. The van der Waals surface area contributed by atoms with Gasteiger partial charge in [0.1, 0.15) is 11.4 Å². The van der Waals surface area contributed by atoms with Crippen LogP contribution in [0, 0.1) is 11.8 Å². The predicted octanol–water partition coefficient (Wildman–Crippen LogP) is 4.56. The molecule has 2 rings (SSSR count). The van der Waals surface area contributed by atoms with Crippen LogP contribution >= 0.6 is 0 Å². The fraction of sp³-hybridized carbons (Fsp3) is 0.895. The maximum absolute atomic E-state index is 13.0. The number of nitrogens with zero attached hydrogens (tertiary/aromatic N) is 1. The number of piperidine rings is 1. The predicted molar refractivity (Wildman–Crippen MR) is 91.3 cm³/mol. The van der Waals surface area contributed by atoms with Crippen LogP contribution in [0.4, 0.5) is 4.79 Å². The Balaban J connectivity index is 2.42. The smallest absolute Gasteiger partial charge is 0.411 e. The molecule has 3 atom stereocenters. The lowest BCUT2D eigenvalue weighted by Gasteiger charge is -2.56. The minimum atomic E-state index is -0.515. The molecule has 1 heterocycles. The van der Waals surface area contributed by atoms with Crippen LogP contribution in [0.15, 0.2) is 0 Å². The largest absolute Gasteiger partial charge is 0.444 e. The maximum atomic E-state index is 13.0. The molecule has 1 saturated heterocycles. The number of rotatable bonds is 1. The van der Waals surface area contributed by atoms with E-state index in [9.17, 15) is 9.59 Å². The van der Waals surface area contributed by atoms with E-state index in [1.54, 1.807) is 0 Å². The summed E-state index contributed by atoms with van der Waals surface area (Å²) >= 11 is 0. The van der Waals surface area contributed by atoms with Gasteiger partial charge in [0.25, 0.3) is 0 Å². The number of Topliss-reactive ketones (excluding diaryl/α,β-unsaturated/α-hetero) is 1. The molecule has 1 aliphatic carbocycles. The molecule has 0 aromatic rings. The number of ether oxygens (including phenoxy) is 1. The number of hydrogen-bond donors (Lipinski definition) is 0. The molecule has 0 aromatic heterocycles. The van der Waals surface area contributed by atoms with Gasteiger partial charge in [-0.25, -0.2) is 4.79 Å². The first kappa shape index (κ1) is 18.3. The standard InChI is InChI=1S/C19H33NO3/c1-13(2)16-11-15(21)12-19(10-8-7-9-14(19)3)20(16)17(22)23-18(4,5)6/h13-14,16H,7-12H2,1-6H3/t14-,16+,19+/m0/s1. The van der Waals surface area contributed by atoms with E-state index in [2.05, 4.69) is 20.8 Å². The monoisotopic (exact) mass is 323 g/mol. The van der Waals surface area contributed by atoms with E-state index in [1.807, 2.05) is 25.7 Å². The van der Waals surface area contributed by atoms with Crippen LogP contribution in [-0.2, 0) is 9.53 Å². The van der Waals surface area contributed by atoms with Gasteiger partial charge in [-0.1, -0.05) is 33.6 Å². The molecule has 132 valence electrons. The SMILES string of the molecule is CC(C)[C@H]1CC(=O)C[C@@]2(CCCC[C@@H]2C)N1C(=O)OC(C)(C)C. The molecule has 1 saturated carbocycles. The fourth-order valence-corrected chi connectivity index (χ4v) is 4.33. The second kappa shape index (κ2) is 6.45. The molecule has 0 aromatic carbocycles. The highest BCUT2D eigenvalue weighted by molar-refractivity contribution is 5.84. The summed E-state index contributed by atoms with van der Waals surface area (Å²) in [6.07, 6.45) is 4.99. The Morgan fingerprint density at radius 2 is 1.96 bits per heavy atom. The van der Waals surface area contributed by atoms with E-state index in [1.165, 1.54) is 6.42 Å². The zero-order valence-electron chi connectivity index (χ0n) is 15.6. The number of hydrogen-bond acceptors (Lipinski definition) is 3. The molecule has 1 amide bonds. The highest BCUT2D eigenvalue weighted by Crippen LogP contribution is 2.47. The third-order valence-electron chi connectivity index (χ3n) is 5.53. The van der Waals surface area contributed by atoms with Crippen LogP contribution in [-0.4, -0.2) is 34.0 Å². The van der Waals surface area contributed by atoms with Gasteiger partial charge in [-0.05, 0) is 45.4 Å². The molecular weight excluding hydrogens is 290 g/mol. The van der Waals surface area contributed by atoms with Gasteiger partial charge in [-0.2, -0.15) is 0 Å². The van der Waals surface area contributed by atoms with Crippen molar-refractivity contribution in [1.29, 1.82) is 0 Å². The van der Waals surface area contributed by atoms with Crippen molar-refractivity contribution in [2.24, 2.45) is 11.8 Å². The van der Waals surface area contributed by atoms with Gasteiger partial charge in [-0.3, -0.25) is 9.69 Å². The van der Waals surface area contributed by atoms with Gasteiger partial charge < -0.3 is 4.74 Å². The second-order valence-electron chi connectivity index (χ2n) is 8.83. The van der Waals surface area contributed by atoms with Gasteiger partial charge in [0.15, 0.2) is 0 Å². The summed E-state index contributed by atoms with van der Waals surface area (Å²) in [7, 11) is 0. The Bertz CT molecular complexity index is 466. The van der Waals surface area contributed by atoms with Gasteiger partial charge in [0.2, 0.25) is 0 Å². The molecule has 2 aliphatic rings. The summed E-state index contributed by atoms with van der Waals surface area (Å²) in [4.78, 5) is 27.5. The van der Waals surface area contributed by atoms with Crippen molar-refractivity contribution in [3.05, 3.63) is 0 Å². The lowest BCUT2D eigenvalue weighted by Crippen LogP contribution is -2.66. The summed E-state index contributed by atoms with van der Waals surface area (Å²) in [6, 6.07) is -0.0494. The van der Waals surface area contributed by atoms with Gasteiger partial charge in [0, 0.05) is 18.9 Å². The highest BCUT2D eigenvalue weighted by atomic mass is 16.6. The Morgan fingerprint density at radius 1 is 1.30 bits per heavy atom. The molecule has 2 fully saturated rings. The quantitative estimate of drug-likeness (QED) is 0.710. The average molecular weight is 323 g/mol. The van der Waals surface area contributed by atoms with Crippen molar-refractivity contribution < 1.29 is 14.3 Å². The van der Waals surface area contributed by atoms with E-state index < -0.39 is 5.60 Å². The van der Waals surface area contributed by atoms with Crippen LogP contribution < -0.4 is 0 Å². The van der Waals surface area contributed by atoms with Gasteiger partial charge in [0.05, 0.1) is 5.54 Å². The Labute approximate surface area is 140 Å². The molecule has 0 N–H and O–H groups in total. The van der Waals surface area contributed by atoms with Crippen LogP contribution in [0.1, 0.15) is 80.1 Å². The highest BCUT2D eigenvalue weighted by Gasteiger charge is 2.54. The van der Waals surface area contributed by atoms with Crippen molar-refractivity contribution in [2.45, 2.75) is 97.2 Å². The third kappa shape index (κ3) is 3.72. The Morgan fingerprint density at radius 3 is 2.48 bits per heavy atom. The number of ketones is 1. The summed E-state index contributed by atoms with van der Waals surface area (Å²) in [5.41, 5.74) is -0.857.